The second-order valence-corrected chi connectivity index (χ2v) is 2.37. The van der Waals surface area contributed by atoms with Gasteiger partial charge >= 0.3 is 0 Å². The summed E-state index contributed by atoms with van der Waals surface area (Å²) in [5.41, 5.74) is 1.13. The highest BCUT2D eigenvalue weighted by atomic mass is 19.1. The molecule has 0 unspecified atom stereocenters. The number of benzene rings is 1. The third-order valence-corrected chi connectivity index (χ3v) is 1.60. The van der Waals surface area contributed by atoms with Crippen molar-refractivity contribution in [3.05, 3.63) is 41.6 Å². The Bertz CT molecular complexity index is 320. The standard InChI is InChI=1S/C9H8BFO/c10-5-8(6-12)7-2-1-3-9(11)4-7/h1-6H,10H2. The maximum absolute atomic E-state index is 12.7. The van der Waals surface area contributed by atoms with Gasteiger partial charge in [0.1, 0.15) is 19.9 Å². The van der Waals surface area contributed by atoms with E-state index in [1.807, 2.05) is 0 Å². The highest BCUT2D eigenvalue weighted by Crippen LogP contribution is 2.12. The molecule has 0 saturated carbocycles. The van der Waals surface area contributed by atoms with Crippen molar-refractivity contribution in [1.29, 1.82) is 0 Å². The summed E-state index contributed by atoms with van der Waals surface area (Å²) in [7, 11) is 1.74. The highest BCUT2D eigenvalue weighted by molar-refractivity contribution is 6.26. The van der Waals surface area contributed by atoms with Crippen molar-refractivity contribution < 1.29 is 9.18 Å². The molecule has 0 bridgehead atoms. The number of aldehydes is 1. The SMILES string of the molecule is BC=C(C=O)c1cccc(F)c1. The Labute approximate surface area is 71.3 Å². The fraction of sp³-hybridized carbons (Fsp3) is 0. The molecule has 3 heteroatoms. The number of allylic oxidation sites excluding steroid dienone is 1. The van der Waals surface area contributed by atoms with E-state index < -0.39 is 0 Å². The zero-order chi connectivity index (χ0) is 8.97. The quantitative estimate of drug-likeness (QED) is 0.360. The largest absolute Gasteiger partial charge is 0.298 e. The molecule has 0 spiro atoms. The van der Waals surface area contributed by atoms with Gasteiger partial charge in [0.15, 0.2) is 0 Å². The molecule has 1 rings (SSSR count). The van der Waals surface area contributed by atoms with Crippen LogP contribution in [0.15, 0.2) is 30.2 Å². The van der Waals surface area contributed by atoms with Gasteiger partial charge in [-0.1, -0.05) is 12.1 Å². The van der Waals surface area contributed by atoms with Crippen LogP contribution in [-0.2, 0) is 4.79 Å². The van der Waals surface area contributed by atoms with Crippen molar-refractivity contribution >= 4 is 19.7 Å². The van der Waals surface area contributed by atoms with Gasteiger partial charge in [0.25, 0.3) is 0 Å². The number of hydrogen-bond acceptors (Lipinski definition) is 1. The molecule has 1 aromatic rings. The number of carbonyl (C=O) groups excluding carboxylic acids is 1. The van der Waals surface area contributed by atoms with Crippen LogP contribution in [0.5, 0.6) is 0 Å². The first-order chi connectivity index (χ1) is 5.77. The molecule has 0 aliphatic carbocycles. The van der Waals surface area contributed by atoms with Crippen LogP contribution in [0.1, 0.15) is 5.56 Å². The first kappa shape index (κ1) is 8.72. The van der Waals surface area contributed by atoms with Gasteiger partial charge in [0, 0.05) is 5.57 Å². The van der Waals surface area contributed by atoms with Gasteiger partial charge in [-0.25, -0.2) is 4.39 Å². The summed E-state index contributed by atoms with van der Waals surface area (Å²) >= 11 is 0. The van der Waals surface area contributed by atoms with Crippen LogP contribution in [-0.4, -0.2) is 14.1 Å². The summed E-state index contributed by atoms with van der Waals surface area (Å²) in [5.74, 6) is 1.33. The molecule has 0 N–H and O–H groups in total. The van der Waals surface area contributed by atoms with E-state index in [0.29, 0.717) is 11.1 Å². The van der Waals surface area contributed by atoms with Gasteiger partial charge < -0.3 is 0 Å². The Hall–Kier alpha value is -1.38. The normalized spacial score (nSPS) is 11.2. The van der Waals surface area contributed by atoms with Crippen molar-refractivity contribution in [2.45, 2.75) is 0 Å². The van der Waals surface area contributed by atoms with E-state index in [1.165, 1.54) is 12.1 Å². The molecular formula is C9H8BFO. The maximum Gasteiger partial charge on any atom is 0.149 e. The average molecular weight is 162 g/mol. The molecule has 0 heterocycles. The molecule has 60 valence electrons. The minimum absolute atomic E-state index is 0.325. The number of carbonyl (C=O) groups is 1. The zero-order valence-electron chi connectivity index (χ0n) is 6.75. The number of halogens is 1. The van der Waals surface area contributed by atoms with E-state index in [2.05, 4.69) is 0 Å². The lowest BCUT2D eigenvalue weighted by atomic mass is 9.99. The van der Waals surface area contributed by atoms with Crippen LogP contribution >= 0.6 is 0 Å². The number of hydrogen-bond donors (Lipinski definition) is 0. The van der Waals surface area contributed by atoms with Crippen molar-refractivity contribution in [3.8, 4) is 0 Å². The van der Waals surface area contributed by atoms with Crippen molar-refractivity contribution in [2.24, 2.45) is 0 Å². The maximum atomic E-state index is 12.7. The van der Waals surface area contributed by atoms with Gasteiger partial charge in [-0.15, -0.1) is 5.98 Å². The van der Waals surface area contributed by atoms with Gasteiger partial charge in [0.05, 0.1) is 0 Å². The van der Waals surface area contributed by atoms with E-state index in [1.54, 1.807) is 26.0 Å². The van der Waals surface area contributed by atoms with Crippen LogP contribution in [0.4, 0.5) is 4.39 Å². The molecule has 0 aliphatic heterocycles. The van der Waals surface area contributed by atoms with E-state index in [9.17, 15) is 9.18 Å². The fourth-order valence-electron chi connectivity index (χ4n) is 0.971. The van der Waals surface area contributed by atoms with Gasteiger partial charge in [-0.2, -0.15) is 0 Å². The monoisotopic (exact) mass is 162 g/mol. The molecule has 1 aromatic carbocycles. The molecule has 0 aliphatic rings. The molecule has 0 fully saturated rings. The van der Waals surface area contributed by atoms with Crippen LogP contribution < -0.4 is 0 Å². The molecule has 0 saturated heterocycles. The Morgan fingerprint density at radius 2 is 2.25 bits per heavy atom. The lowest BCUT2D eigenvalue weighted by Crippen LogP contribution is -1.86. The van der Waals surface area contributed by atoms with Crippen molar-refractivity contribution in [2.75, 3.05) is 0 Å². The topological polar surface area (TPSA) is 17.1 Å². The summed E-state index contributed by atoms with van der Waals surface area (Å²) in [6, 6.07) is 5.97. The van der Waals surface area contributed by atoms with E-state index in [4.69, 9.17) is 0 Å². The van der Waals surface area contributed by atoms with Gasteiger partial charge in [0.2, 0.25) is 0 Å². The Balaban J connectivity index is 3.10. The van der Waals surface area contributed by atoms with Crippen molar-refractivity contribution in [3.63, 3.8) is 0 Å². The summed E-state index contributed by atoms with van der Waals surface area (Å²) in [6.45, 7) is 0. The van der Waals surface area contributed by atoms with Crippen LogP contribution in [0.2, 0.25) is 0 Å². The molecule has 1 nitrogen and oxygen atoms in total. The molecule has 0 radical (unpaired) electrons. The fourth-order valence-corrected chi connectivity index (χ4v) is 0.971. The minimum atomic E-state index is -0.325. The molecule has 0 aromatic heterocycles. The van der Waals surface area contributed by atoms with Crippen molar-refractivity contribution in [1.82, 2.24) is 0 Å². The summed E-state index contributed by atoms with van der Waals surface area (Å²) < 4.78 is 12.7. The number of rotatable bonds is 2. The zero-order valence-corrected chi connectivity index (χ0v) is 6.75. The van der Waals surface area contributed by atoms with E-state index in [-0.39, 0.29) is 5.82 Å². The molecule has 0 atom stereocenters. The van der Waals surface area contributed by atoms with Crippen LogP contribution in [0.25, 0.3) is 5.57 Å². The first-order valence-corrected chi connectivity index (χ1v) is 3.65. The molecule has 0 amide bonds. The molecular weight excluding hydrogens is 154 g/mol. The third kappa shape index (κ3) is 1.81. The molecule has 12 heavy (non-hydrogen) atoms. The summed E-state index contributed by atoms with van der Waals surface area (Å²) in [5, 5.41) is 0. The Morgan fingerprint density at radius 3 is 2.75 bits per heavy atom. The van der Waals surface area contributed by atoms with E-state index >= 15 is 0 Å². The van der Waals surface area contributed by atoms with E-state index in [0.717, 1.165) is 6.29 Å². The highest BCUT2D eigenvalue weighted by Gasteiger charge is 1.98. The van der Waals surface area contributed by atoms with Gasteiger partial charge in [-0.05, 0) is 17.7 Å². The Kier molecular flexibility index (Phi) is 2.80. The smallest absolute Gasteiger partial charge is 0.149 e. The average Bonchev–Trinajstić information content (AvgIpc) is 2.07. The summed E-state index contributed by atoms with van der Waals surface area (Å²) in [4.78, 5) is 10.5. The van der Waals surface area contributed by atoms with Crippen LogP contribution in [0.3, 0.4) is 0 Å². The second kappa shape index (κ2) is 3.86. The van der Waals surface area contributed by atoms with Crippen LogP contribution in [0, 0.1) is 5.82 Å². The predicted molar refractivity (Wildman–Crippen MR) is 49.0 cm³/mol. The predicted octanol–water partition coefficient (Wildman–Crippen LogP) is 0.999. The second-order valence-electron chi connectivity index (χ2n) is 2.37. The third-order valence-electron chi connectivity index (χ3n) is 1.60. The summed E-state index contributed by atoms with van der Waals surface area (Å²) in [6.07, 6.45) is 0.717. The minimum Gasteiger partial charge on any atom is -0.298 e. The Morgan fingerprint density at radius 1 is 1.50 bits per heavy atom. The lowest BCUT2D eigenvalue weighted by Gasteiger charge is -1.98. The van der Waals surface area contributed by atoms with Gasteiger partial charge in [-0.3, -0.25) is 4.79 Å². The lowest BCUT2D eigenvalue weighted by molar-refractivity contribution is -0.103. The first-order valence-electron chi connectivity index (χ1n) is 3.65.